The second kappa shape index (κ2) is 5.30. The molecule has 0 unspecified atom stereocenters. The molecular weight excluding hydrogens is 297 g/mol. The standard InChI is InChI=1S/C13H18IN/c1-11-9-15(8-7-13(11)14)10-12-5-3-2-4-6-12/h2-6,11,13H,7-10H2,1H3/t11-,13+/m1/s1. The Morgan fingerprint density at radius 2 is 2.07 bits per heavy atom. The van der Waals surface area contributed by atoms with Crippen molar-refractivity contribution in [1.29, 1.82) is 0 Å². The van der Waals surface area contributed by atoms with Gasteiger partial charge in [0.25, 0.3) is 0 Å². The highest BCUT2D eigenvalue weighted by molar-refractivity contribution is 14.1. The van der Waals surface area contributed by atoms with Crippen LogP contribution in [0.25, 0.3) is 0 Å². The summed E-state index contributed by atoms with van der Waals surface area (Å²) >= 11 is 2.60. The van der Waals surface area contributed by atoms with Crippen molar-refractivity contribution in [2.45, 2.75) is 23.8 Å². The summed E-state index contributed by atoms with van der Waals surface area (Å²) in [5.74, 6) is 0.836. The number of benzene rings is 1. The van der Waals surface area contributed by atoms with Gasteiger partial charge in [-0.25, -0.2) is 0 Å². The van der Waals surface area contributed by atoms with Crippen molar-refractivity contribution in [3.63, 3.8) is 0 Å². The third kappa shape index (κ3) is 3.18. The van der Waals surface area contributed by atoms with E-state index in [9.17, 15) is 0 Å². The zero-order valence-electron chi connectivity index (χ0n) is 9.20. The Labute approximate surface area is 106 Å². The molecule has 15 heavy (non-hydrogen) atoms. The fourth-order valence-corrected chi connectivity index (χ4v) is 2.69. The summed E-state index contributed by atoms with van der Waals surface area (Å²) in [6, 6.07) is 10.8. The van der Waals surface area contributed by atoms with Crippen LogP contribution in [0.15, 0.2) is 30.3 Å². The summed E-state index contributed by atoms with van der Waals surface area (Å²) in [7, 11) is 0. The first-order valence-electron chi connectivity index (χ1n) is 5.66. The lowest BCUT2D eigenvalue weighted by Gasteiger charge is -2.34. The van der Waals surface area contributed by atoms with Gasteiger partial charge in [-0.1, -0.05) is 59.8 Å². The first kappa shape index (κ1) is 11.4. The Kier molecular flexibility index (Phi) is 4.03. The quantitative estimate of drug-likeness (QED) is 0.598. The Balaban J connectivity index is 1.91. The average molecular weight is 315 g/mol. The molecular formula is C13H18IN. The van der Waals surface area contributed by atoms with Gasteiger partial charge < -0.3 is 0 Å². The van der Waals surface area contributed by atoms with E-state index >= 15 is 0 Å². The molecule has 1 fully saturated rings. The van der Waals surface area contributed by atoms with E-state index in [0.717, 1.165) is 16.4 Å². The van der Waals surface area contributed by atoms with Crippen LogP contribution in [0.3, 0.4) is 0 Å². The van der Waals surface area contributed by atoms with Gasteiger partial charge >= 0.3 is 0 Å². The summed E-state index contributed by atoms with van der Waals surface area (Å²) in [5, 5.41) is 0. The zero-order valence-corrected chi connectivity index (χ0v) is 11.4. The number of piperidine rings is 1. The van der Waals surface area contributed by atoms with E-state index in [4.69, 9.17) is 0 Å². The van der Waals surface area contributed by atoms with Gasteiger partial charge in [0, 0.05) is 17.0 Å². The first-order valence-corrected chi connectivity index (χ1v) is 6.90. The molecule has 0 saturated carbocycles. The minimum Gasteiger partial charge on any atom is -0.299 e. The molecule has 1 aliphatic heterocycles. The third-order valence-electron chi connectivity index (χ3n) is 3.13. The number of rotatable bonds is 2. The molecule has 0 spiro atoms. The maximum Gasteiger partial charge on any atom is 0.0233 e. The lowest BCUT2D eigenvalue weighted by Crippen LogP contribution is -2.39. The van der Waals surface area contributed by atoms with E-state index in [-0.39, 0.29) is 0 Å². The van der Waals surface area contributed by atoms with E-state index in [1.807, 2.05) is 0 Å². The van der Waals surface area contributed by atoms with Crippen molar-refractivity contribution in [3.8, 4) is 0 Å². The molecule has 2 heteroatoms. The monoisotopic (exact) mass is 315 g/mol. The minimum atomic E-state index is 0.836. The van der Waals surface area contributed by atoms with Crippen LogP contribution >= 0.6 is 22.6 Å². The molecule has 1 aromatic rings. The zero-order chi connectivity index (χ0) is 10.7. The highest BCUT2D eigenvalue weighted by Gasteiger charge is 2.23. The predicted molar refractivity (Wildman–Crippen MR) is 73.3 cm³/mol. The number of hydrogen-bond donors (Lipinski definition) is 0. The van der Waals surface area contributed by atoms with Crippen molar-refractivity contribution in [1.82, 2.24) is 4.90 Å². The maximum absolute atomic E-state index is 2.60. The average Bonchev–Trinajstić information content (AvgIpc) is 2.25. The topological polar surface area (TPSA) is 3.24 Å². The molecule has 1 nitrogen and oxygen atoms in total. The van der Waals surface area contributed by atoms with Crippen molar-refractivity contribution < 1.29 is 0 Å². The van der Waals surface area contributed by atoms with E-state index in [1.54, 1.807) is 0 Å². The maximum atomic E-state index is 2.60. The van der Waals surface area contributed by atoms with Crippen LogP contribution in [-0.4, -0.2) is 21.9 Å². The summed E-state index contributed by atoms with van der Waals surface area (Å²) in [6.07, 6.45) is 1.34. The Morgan fingerprint density at radius 3 is 2.73 bits per heavy atom. The van der Waals surface area contributed by atoms with E-state index in [1.165, 1.54) is 25.1 Å². The molecule has 1 heterocycles. The second-order valence-corrected chi connectivity index (χ2v) is 6.10. The molecule has 2 rings (SSSR count). The van der Waals surface area contributed by atoms with Crippen LogP contribution in [0.2, 0.25) is 0 Å². The third-order valence-corrected chi connectivity index (χ3v) is 4.98. The van der Waals surface area contributed by atoms with Gasteiger partial charge in [-0.05, 0) is 24.4 Å². The van der Waals surface area contributed by atoms with Crippen molar-refractivity contribution >= 4 is 22.6 Å². The number of halogens is 1. The van der Waals surface area contributed by atoms with Crippen LogP contribution in [0.5, 0.6) is 0 Å². The van der Waals surface area contributed by atoms with Crippen molar-refractivity contribution in [2.75, 3.05) is 13.1 Å². The van der Waals surface area contributed by atoms with Gasteiger partial charge in [0.15, 0.2) is 0 Å². The smallest absolute Gasteiger partial charge is 0.0233 e. The number of hydrogen-bond acceptors (Lipinski definition) is 1. The molecule has 0 aromatic heterocycles. The lowest BCUT2D eigenvalue weighted by molar-refractivity contribution is 0.186. The fourth-order valence-electron chi connectivity index (χ4n) is 2.19. The predicted octanol–water partition coefficient (Wildman–Crippen LogP) is 3.33. The molecule has 0 radical (unpaired) electrons. The normalized spacial score (nSPS) is 27.9. The van der Waals surface area contributed by atoms with Crippen molar-refractivity contribution in [2.24, 2.45) is 5.92 Å². The molecule has 1 aromatic carbocycles. The molecule has 2 atom stereocenters. The molecule has 82 valence electrons. The Bertz CT molecular complexity index is 299. The summed E-state index contributed by atoms with van der Waals surface area (Å²) in [4.78, 5) is 2.58. The molecule has 1 saturated heterocycles. The number of alkyl halides is 1. The van der Waals surface area contributed by atoms with E-state index < -0.39 is 0 Å². The summed E-state index contributed by atoms with van der Waals surface area (Å²) in [5.41, 5.74) is 1.44. The highest BCUT2D eigenvalue weighted by atomic mass is 127. The van der Waals surface area contributed by atoms with E-state index in [2.05, 4.69) is 64.7 Å². The number of nitrogens with zero attached hydrogens (tertiary/aromatic N) is 1. The van der Waals surface area contributed by atoms with Gasteiger partial charge in [-0.2, -0.15) is 0 Å². The lowest BCUT2D eigenvalue weighted by atomic mass is 10.00. The molecule has 0 bridgehead atoms. The Morgan fingerprint density at radius 1 is 1.33 bits per heavy atom. The van der Waals surface area contributed by atoms with Crippen LogP contribution in [-0.2, 0) is 6.54 Å². The van der Waals surface area contributed by atoms with Crippen molar-refractivity contribution in [3.05, 3.63) is 35.9 Å². The van der Waals surface area contributed by atoms with Crippen LogP contribution in [0.4, 0.5) is 0 Å². The van der Waals surface area contributed by atoms with Gasteiger partial charge in [0.2, 0.25) is 0 Å². The summed E-state index contributed by atoms with van der Waals surface area (Å²) in [6.45, 7) is 6.00. The first-order chi connectivity index (χ1) is 7.25. The molecule has 0 N–H and O–H groups in total. The molecule has 0 aliphatic carbocycles. The van der Waals surface area contributed by atoms with Crippen LogP contribution in [0, 0.1) is 5.92 Å². The molecule has 1 aliphatic rings. The van der Waals surface area contributed by atoms with Gasteiger partial charge in [-0.15, -0.1) is 0 Å². The van der Waals surface area contributed by atoms with Gasteiger partial charge in [0.1, 0.15) is 0 Å². The largest absolute Gasteiger partial charge is 0.299 e. The van der Waals surface area contributed by atoms with Crippen LogP contribution in [0.1, 0.15) is 18.9 Å². The number of likely N-dealkylation sites (tertiary alicyclic amines) is 1. The second-order valence-electron chi connectivity index (χ2n) is 4.50. The highest BCUT2D eigenvalue weighted by Crippen LogP contribution is 2.24. The SMILES string of the molecule is C[C@@H]1CN(Cc2ccccc2)CC[C@@H]1I. The molecule has 0 amide bonds. The van der Waals surface area contributed by atoms with Gasteiger partial charge in [0.05, 0.1) is 0 Å². The Hall–Kier alpha value is -0.0900. The van der Waals surface area contributed by atoms with Gasteiger partial charge in [-0.3, -0.25) is 4.90 Å². The fraction of sp³-hybridized carbons (Fsp3) is 0.538. The summed E-state index contributed by atoms with van der Waals surface area (Å²) < 4.78 is 0.870. The van der Waals surface area contributed by atoms with E-state index in [0.29, 0.717) is 0 Å². The minimum absolute atomic E-state index is 0.836. The van der Waals surface area contributed by atoms with Crippen LogP contribution < -0.4 is 0 Å².